The molecule has 0 amide bonds. The predicted molar refractivity (Wildman–Crippen MR) is 75.5 cm³/mol. The van der Waals surface area contributed by atoms with Crippen molar-refractivity contribution in [3.63, 3.8) is 0 Å². The lowest BCUT2D eigenvalue weighted by Crippen LogP contribution is -2.14. The topological polar surface area (TPSA) is 52.6 Å². The van der Waals surface area contributed by atoms with E-state index in [0.29, 0.717) is 23.5 Å². The van der Waals surface area contributed by atoms with E-state index in [1.165, 1.54) is 0 Å². The third-order valence-corrected chi connectivity index (χ3v) is 4.34. The molecule has 0 heterocycles. The molecular weight excluding hydrogens is 288 g/mol. The van der Waals surface area contributed by atoms with Crippen molar-refractivity contribution in [2.45, 2.75) is 38.2 Å². The third-order valence-electron chi connectivity index (χ3n) is 2.74. The van der Waals surface area contributed by atoms with Crippen molar-refractivity contribution < 1.29 is 17.9 Å². The smallest absolute Gasteiger partial charge is 0.261 e. The SMILES string of the molecule is COCCC(C)Oc1cc(C)c(S(=O)(=O)Cl)c(C)c1. The first-order chi connectivity index (χ1) is 8.75. The Balaban J connectivity index is 2.96. The molecule has 0 fully saturated rings. The van der Waals surface area contributed by atoms with Gasteiger partial charge >= 0.3 is 0 Å². The summed E-state index contributed by atoms with van der Waals surface area (Å²) in [6, 6.07) is 3.37. The molecule has 108 valence electrons. The summed E-state index contributed by atoms with van der Waals surface area (Å²) in [6.45, 7) is 5.97. The molecule has 6 heteroatoms. The fraction of sp³-hybridized carbons (Fsp3) is 0.538. The minimum absolute atomic E-state index is 0.00258. The summed E-state index contributed by atoms with van der Waals surface area (Å²) in [6.07, 6.45) is 0.765. The van der Waals surface area contributed by atoms with Crippen LogP contribution in [0.1, 0.15) is 24.5 Å². The first kappa shape index (κ1) is 16.3. The minimum atomic E-state index is -3.73. The molecule has 1 atom stereocenters. The second-order valence-electron chi connectivity index (χ2n) is 4.53. The lowest BCUT2D eigenvalue weighted by atomic mass is 10.1. The molecule has 1 aromatic carbocycles. The van der Waals surface area contributed by atoms with Crippen molar-refractivity contribution >= 4 is 19.7 Å². The number of rotatable bonds is 6. The summed E-state index contributed by atoms with van der Waals surface area (Å²) in [7, 11) is 3.32. The van der Waals surface area contributed by atoms with Gasteiger partial charge in [0.2, 0.25) is 0 Å². The first-order valence-electron chi connectivity index (χ1n) is 5.97. The van der Waals surface area contributed by atoms with E-state index in [1.807, 2.05) is 6.92 Å². The molecular formula is C13H19ClO4S. The van der Waals surface area contributed by atoms with Crippen LogP contribution in [0.2, 0.25) is 0 Å². The van der Waals surface area contributed by atoms with Gasteiger partial charge in [-0.25, -0.2) is 8.42 Å². The normalized spacial score (nSPS) is 13.3. The van der Waals surface area contributed by atoms with Crippen molar-refractivity contribution in [1.82, 2.24) is 0 Å². The molecule has 0 aliphatic heterocycles. The molecule has 0 saturated carbocycles. The highest BCUT2D eigenvalue weighted by Gasteiger charge is 2.18. The van der Waals surface area contributed by atoms with Crippen molar-refractivity contribution in [2.75, 3.05) is 13.7 Å². The van der Waals surface area contributed by atoms with Gasteiger partial charge in [-0.3, -0.25) is 0 Å². The van der Waals surface area contributed by atoms with Gasteiger partial charge in [0, 0.05) is 30.8 Å². The van der Waals surface area contributed by atoms with Gasteiger partial charge in [-0.15, -0.1) is 0 Å². The van der Waals surface area contributed by atoms with E-state index >= 15 is 0 Å². The van der Waals surface area contributed by atoms with Crippen molar-refractivity contribution in [1.29, 1.82) is 0 Å². The number of hydrogen-bond acceptors (Lipinski definition) is 4. The number of aryl methyl sites for hydroxylation is 2. The zero-order chi connectivity index (χ0) is 14.6. The lowest BCUT2D eigenvalue weighted by molar-refractivity contribution is 0.135. The maximum Gasteiger partial charge on any atom is 0.261 e. The van der Waals surface area contributed by atoms with Crippen LogP contribution in [0.4, 0.5) is 0 Å². The van der Waals surface area contributed by atoms with Gasteiger partial charge in [0.15, 0.2) is 0 Å². The van der Waals surface area contributed by atoms with Crippen molar-refractivity contribution in [3.8, 4) is 5.75 Å². The molecule has 0 radical (unpaired) electrons. The summed E-state index contributed by atoms with van der Waals surface area (Å²) in [5.41, 5.74) is 1.17. The van der Waals surface area contributed by atoms with Gasteiger partial charge in [0.05, 0.1) is 11.0 Å². The first-order valence-corrected chi connectivity index (χ1v) is 8.28. The minimum Gasteiger partial charge on any atom is -0.491 e. The standard InChI is InChI=1S/C13H19ClO4S/c1-9-7-12(18-11(3)5-6-17-4)8-10(2)13(9)19(14,15)16/h7-8,11H,5-6H2,1-4H3. The average molecular weight is 307 g/mol. The van der Waals surface area contributed by atoms with Gasteiger partial charge in [-0.05, 0) is 44.0 Å². The largest absolute Gasteiger partial charge is 0.491 e. The van der Waals surface area contributed by atoms with Gasteiger partial charge < -0.3 is 9.47 Å². The fourth-order valence-electron chi connectivity index (χ4n) is 1.94. The third kappa shape index (κ3) is 4.67. The molecule has 0 aliphatic carbocycles. The van der Waals surface area contributed by atoms with Crippen LogP contribution in [-0.2, 0) is 13.8 Å². The second kappa shape index (κ2) is 6.59. The predicted octanol–water partition coefficient (Wildman–Crippen LogP) is 3.03. The molecule has 19 heavy (non-hydrogen) atoms. The monoisotopic (exact) mass is 306 g/mol. The van der Waals surface area contributed by atoms with Crippen molar-refractivity contribution in [2.24, 2.45) is 0 Å². The van der Waals surface area contributed by atoms with E-state index in [9.17, 15) is 8.42 Å². The molecule has 1 unspecified atom stereocenters. The number of methoxy groups -OCH3 is 1. The quantitative estimate of drug-likeness (QED) is 0.758. The highest BCUT2D eigenvalue weighted by Crippen LogP contribution is 2.28. The van der Waals surface area contributed by atoms with E-state index < -0.39 is 9.05 Å². The average Bonchev–Trinajstić information content (AvgIpc) is 2.23. The van der Waals surface area contributed by atoms with Crippen LogP contribution in [0.5, 0.6) is 5.75 Å². The van der Waals surface area contributed by atoms with Crippen LogP contribution >= 0.6 is 10.7 Å². The Hall–Kier alpha value is -0.780. The maximum atomic E-state index is 11.5. The molecule has 0 aliphatic rings. The Morgan fingerprint density at radius 1 is 1.26 bits per heavy atom. The fourth-order valence-corrected chi connectivity index (χ4v) is 3.56. The lowest BCUT2D eigenvalue weighted by Gasteiger charge is -2.16. The summed E-state index contributed by atoms with van der Waals surface area (Å²) in [4.78, 5) is 0.158. The summed E-state index contributed by atoms with van der Waals surface area (Å²) < 4.78 is 33.6. The summed E-state index contributed by atoms with van der Waals surface area (Å²) >= 11 is 0. The number of hydrogen-bond donors (Lipinski definition) is 0. The molecule has 0 aromatic heterocycles. The highest BCUT2D eigenvalue weighted by atomic mass is 35.7. The molecule has 0 bridgehead atoms. The van der Waals surface area contributed by atoms with E-state index in [0.717, 1.165) is 6.42 Å². The Kier molecular flexibility index (Phi) is 5.64. The van der Waals surface area contributed by atoms with Gasteiger partial charge in [-0.2, -0.15) is 0 Å². The summed E-state index contributed by atoms with van der Waals surface area (Å²) in [5.74, 6) is 0.641. The second-order valence-corrected chi connectivity index (χ2v) is 7.04. The Labute approximate surface area is 119 Å². The van der Waals surface area contributed by atoms with E-state index in [4.69, 9.17) is 20.2 Å². The maximum absolute atomic E-state index is 11.5. The Bertz CT molecular complexity index is 517. The van der Waals surface area contributed by atoms with Crippen LogP contribution in [0.25, 0.3) is 0 Å². The number of benzene rings is 1. The summed E-state index contributed by atoms with van der Waals surface area (Å²) in [5, 5.41) is 0. The zero-order valence-corrected chi connectivity index (χ0v) is 13.1. The molecule has 0 spiro atoms. The van der Waals surface area contributed by atoms with Crippen LogP contribution in [-0.4, -0.2) is 28.2 Å². The van der Waals surface area contributed by atoms with Crippen LogP contribution in [0.3, 0.4) is 0 Å². The molecule has 1 rings (SSSR count). The molecule has 1 aromatic rings. The van der Waals surface area contributed by atoms with E-state index in [2.05, 4.69) is 0 Å². The number of halogens is 1. The Morgan fingerprint density at radius 2 is 1.79 bits per heavy atom. The van der Waals surface area contributed by atoms with Gasteiger partial charge in [0.1, 0.15) is 5.75 Å². The van der Waals surface area contributed by atoms with Crippen LogP contribution in [0.15, 0.2) is 17.0 Å². The van der Waals surface area contributed by atoms with E-state index in [-0.39, 0.29) is 11.0 Å². The molecule has 4 nitrogen and oxygen atoms in total. The highest BCUT2D eigenvalue weighted by molar-refractivity contribution is 8.13. The number of ether oxygens (including phenoxy) is 2. The Morgan fingerprint density at radius 3 is 2.21 bits per heavy atom. The van der Waals surface area contributed by atoms with Crippen molar-refractivity contribution in [3.05, 3.63) is 23.3 Å². The van der Waals surface area contributed by atoms with Gasteiger partial charge in [0.25, 0.3) is 9.05 Å². The van der Waals surface area contributed by atoms with E-state index in [1.54, 1.807) is 33.1 Å². The van der Waals surface area contributed by atoms with Gasteiger partial charge in [-0.1, -0.05) is 0 Å². The van der Waals surface area contributed by atoms with Crippen LogP contribution < -0.4 is 4.74 Å². The zero-order valence-electron chi connectivity index (χ0n) is 11.6. The van der Waals surface area contributed by atoms with Crippen LogP contribution in [0, 0.1) is 13.8 Å². The molecule has 0 saturated heterocycles. The molecule has 0 N–H and O–H groups in total.